The van der Waals surface area contributed by atoms with Crippen LogP contribution in [0, 0.1) is 5.41 Å². The van der Waals surface area contributed by atoms with E-state index in [1.165, 1.54) is 6.92 Å². The molecule has 0 aromatic heterocycles. The fourth-order valence-electron chi connectivity index (χ4n) is 2.49. The first kappa shape index (κ1) is 17.0. The summed E-state index contributed by atoms with van der Waals surface area (Å²) in [5.74, 6) is -1.45. The van der Waals surface area contributed by atoms with E-state index < -0.39 is 11.4 Å². The zero-order chi connectivity index (χ0) is 16.9. The van der Waals surface area contributed by atoms with Gasteiger partial charge in [0.15, 0.2) is 0 Å². The monoisotopic (exact) mass is 320 g/mol. The molecule has 7 heteroatoms. The SMILES string of the molecule is CC(=O)Nc1ccc(C(=O)NCC2(C(=O)O)CCOCC2)cc1. The minimum absolute atomic E-state index is 0.0674. The zero-order valence-electron chi connectivity index (χ0n) is 12.9. The summed E-state index contributed by atoms with van der Waals surface area (Å²) in [6.07, 6.45) is 0.758. The summed E-state index contributed by atoms with van der Waals surface area (Å²) in [4.78, 5) is 34.6. The molecule has 1 saturated heterocycles. The van der Waals surface area contributed by atoms with Gasteiger partial charge >= 0.3 is 5.97 Å². The highest BCUT2D eigenvalue weighted by Crippen LogP contribution is 2.30. The molecule has 1 heterocycles. The summed E-state index contributed by atoms with van der Waals surface area (Å²) in [5.41, 5.74) is 0.0384. The van der Waals surface area contributed by atoms with Crippen molar-refractivity contribution < 1.29 is 24.2 Å². The number of hydrogen-bond acceptors (Lipinski definition) is 4. The second-order valence-corrected chi connectivity index (χ2v) is 5.64. The van der Waals surface area contributed by atoms with Gasteiger partial charge in [-0.3, -0.25) is 14.4 Å². The maximum Gasteiger partial charge on any atom is 0.311 e. The van der Waals surface area contributed by atoms with Gasteiger partial charge in [0.2, 0.25) is 5.91 Å². The Labute approximate surface area is 134 Å². The van der Waals surface area contributed by atoms with Crippen LogP contribution in [-0.2, 0) is 14.3 Å². The molecule has 0 radical (unpaired) electrons. The van der Waals surface area contributed by atoms with Crippen LogP contribution in [0.3, 0.4) is 0 Å². The van der Waals surface area contributed by atoms with Crippen molar-refractivity contribution in [2.24, 2.45) is 5.41 Å². The Hall–Kier alpha value is -2.41. The Kier molecular flexibility index (Phi) is 5.33. The van der Waals surface area contributed by atoms with Gasteiger partial charge in [-0.2, -0.15) is 0 Å². The average Bonchev–Trinajstić information content (AvgIpc) is 2.53. The number of amides is 2. The van der Waals surface area contributed by atoms with Crippen LogP contribution in [0.25, 0.3) is 0 Å². The van der Waals surface area contributed by atoms with E-state index in [1.807, 2.05) is 0 Å². The van der Waals surface area contributed by atoms with Crippen LogP contribution in [0.5, 0.6) is 0 Å². The Morgan fingerprint density at radius 2 is 1.78 bits per heavy atom. The number of carbonyl (C=O) groups excluding carboxylic acids is 2. The van der Waals surface area contributed by atoms with Crippen molar-refractivity contribution in [3.63, 3.8) is 0 Å². The van der Waals surface area contributed by atoms with Crippen LogP contribution < -0.4 is 10.6 Å². The molecule has 7 nitrogen and oxygen atoms in total. The lowest BCUT2D eigenvalue weighted by Gasteiger charge is -2.33. The molecule has 0 spiro atoms. The van der Waals surface area contributed by atoms with E-state index in [0.29, 0.717) is 37.3 Å². The van der Waals surface area contributed by atoms with Gasteiger partial charge in [0.05, 0.1) is 5.41 Å². The van der Waals surface area contributed by atoms with E-state index in [4.69, 9.17) is 4.74 Å². The predicted molar refractivity (Wildman–Crippen MR) is 83.2 cm³/mol. The van der Waals surface area contributed by atoms with Crippen LogP contribution in [0.1, 0.15) is 30.1 Å². The number of benzene rings is 1. The Morgan fingerprint density at radius 3 is 2.30 bits per heavy atom. The number of carboxylic acid groups (broad SMARTS) is 1. The first-order chi connectivity index (χ1) is 10.9. The molecule has 1 aliphatic rings. The first-order valence-electron chi connectivity index (χ1n) is 7.40. The molecule has 124 valence electrons. The molecule has 2 amide bonds. The minimum atomic E-state index is -0.968. The lowest BCUT2D eigenvalue weighted by molar-refractivity contribution is -0.154. The summed E-state index contributed by atoms with van der Waals surface area (Å²) >= 11 is 0. The number of ether oxygens (including phenoxy) is 1. The molecule has 0 saturated carbocycles. The molecule has 1 aliphatic heterocycles. The third-order valence-electron chi connectivity index (χ3n) is 3.96. The van der Waals surface area contributed by atoms with Crippen LogP contribution in [0.4, 0.5) is 5.69 Å². The lowest BCUT2D eigenvalue weighted by atomic mass is 9.80. The Morgan fingerprint density at radius 1 is 1.17 bits per heavy atom. The predicted octanol–water partition coefficient (Wildman–Crippen LogP) is 1.26. The third-order valence-corrected chi connectivity index (χ3v) is 3.96. The number of nitrogens with one attached hydrogen (secondary N) is 2. The third kappa shape index (κ3) is 4.29. The first-order valence-corrected chi connectivity index (χ1v) is 7.40. The smallest absolute Gasteiger partial charge is 0.311 e. The van der Waals surface area contributed by atoms with E-state index >= 15 is 0 Å². The summed E-state index contributed by atoms with van der Waals surface area (Å²) in [6, 6.07) is 6.41. The Balaban J connectivity index is 1.98. The fourth-order valence-corrected chi connectivity index (χ4v) is 2.49. The lowest BCUT2D eigenvalue weighted by Crippen LogP contribution is -2.46. The van der Waals surface area contributed by atoms with E-state index in [0.717, 1.165) is 0 Å². The molecule has 0 bridgehead atoms. The van der Waals surface area contributed by atoms with Crippen LogP contribution in [0.15, 0.2) is 24.3 Å². The number of aliphatic carboxylic acids is 1. The number of hydrogen-bond donors (Lipinski definition) is 3. The molecular weight excluding hydrogens is 300 g/mol. The van der Waals surface area contributed by atoms with Gasteiger partial charge in [-0.25, -0.2) is 0 Å². The van der Waals surface area contributed by atoms with Crippen molar-refractivity contribution in [1.82, 2.24) is 5.32 Å². The highest BCUT2D eigenvalue weighted by Gasteiger charge is 2.40. The summed E-state index contributed by atoms with van der Waals surface area (Å²) < 4.78 is 5.20. The molecule has 0 unspecified atom stereocenters. The van der Waals surface area contributed by atoms with Crippen molar-refractivity contribution in [3.05, 3.63) is 29.8 Å². The van der Waals surface area contributed by atoms with E-state index in [-0.39, 0.29) is 18.4 Å². The number of carboxylic acids is 1. The van der Waals surface area contributed by atoms with E-state index in [2.05, 4.69) is 10.6 Å². The van der Waals surface area contributed by atoms with E-state index in [9.17, 15) is 19.5 Å². The topological polar surface area (TPSA) is 105 Å². The van der Waals surface area contributed by atoms with Gasteiger partial charge in [0, 0.05) is 37.9 Å². The van der Waals surface area contributed by atoms with Gasteiger partial charge in [0.1, 0.15) is 0 Å². The molecule has 23 heavy (non-hydrogen) atoms. The standard InChI is InChI=1S/C16H20N2O5/c1-11(19)18-13-4-2-12(3-5-13)14(20)17-10-16(15(21)22)6-8-23-9-7-16/h2-5H,6-10H2,1H3,(H,17,20)(H,18,19)(H,21,22). The maximum absolute atomic E-state index is 12.2. The molecule has 2 rings (SSSR count). The average molecular weight is 320 g/mol. The van der Waals surface area contributed by atoms with Crippen molar-refractivity contribution in [1.29, 1.82) is 0 Å². The highest BCUT2D eigenvalue weighted by atomic mass is 16.5. The molecule has 1 aromatic carbocycles. The molecule has 1 aromatic rings. The molecule has 1 fully saturated rings. The van der Waals surface area contributed by atoms with E-state index in [1.54, 1.807) is 24.3 Å². The van der Waals surface area contributed by atoms with Gasteiger partial charge in [-0.1, -0.05) is 0 Å². The van der Waals surface area contributed by atoms with Gasteiger partial charge < -0.3 is 20.5 Å². The normalized spacial score (nSPS) is 16.4. The molecule has 0 atom stereocenters. The van der Waals surface area contributed by atoms with Crippen LogP contribution >= 0.6 is 0 Å². The number of rotatable bonds is 5. The van der Waals surface area contributed by atoms with Gasteiger partial charge in [-0.15, -0.1) is 0 Å². The number of carbonyl (C=O) groups is 3. The zero-order valence-corrected chi connectivity index (χ0v) is 12.9. The van der Waals surface area contributed by atoms with Crippen molar-refractivity contribution in [2.45, 2.75) is 19.8 Å². The van der Waals surface area contributed by atoms with Gasteiger partial charge in [-0.05, 0) is 37.1 Å². The molecule has 3 N–H and O–H groups in total. The minimum Gasteiger partial charge on any atom is -0.481 e. The summed E-state index contributed by atoms with van der Waals surface area (Å²) in [7, 11) is 0. The van der Waals surface area contributed by atoms with Crippen LogP contribution in [-0.4, -0.2) is 42.6 Å². The highest BCUT2D eigenvalue weighted by molar-refractivity contribution is 5.95. The molecular formula is C16H20N2O5. The maximum atomic E-state index is 12.2. The summed E-state index contributed by atoms with van der Waals surface area (Å²) in [5, 5.41) is 14.7. The van der Waals surface area contributed by atoms with Crippen LogP contribution in [0.2, 0.25) is 0 Å². The summed E-state index contributed by atoms with van der Waals surface area (Å²) in [6.45, 7) is 2.24. The van der Waals surface area contributed by atoms with Crippen molar-refractivity contribution in [2.75, 3.05) is 25.1 Å². The Bertz CT molecular complexity index is 591. The second-order valence-electron chi connectivity index (χ2n) is 5.64. The second kappa shape index (κ2) is 7.23. The number of anilines is 1. The quantitative estimate of drug-likeness (QED) is 0.757. The molecule has 0 aliphatic carbocycles. The van der Waals surface area contributed by atoms with Crippen molar-refractivity contribution >= 4 is 23.5 Å². The van der Waals surface area contributed by atoms with Gasteiger partial charge in [0.25, 0.3) is 5.91 Å². The van der Waals surface area contributed by atoms with Crippen molar-refractivity contribution in [3.8, 4) is 0 Å². The fraction of sp³-hybridized carbons (Fsp3) is 0.438. The largest absolute Gasteiger partial charge is 0.481 e.